The van der Waals surface area contributed by atoms with Crippen LogP contribution >= 0.6 is 0 Å². The number of nitrogens with zero attached hydrogens (tertiary/aromatic N) is 3. The van der Waals surface area contributed by atoms with Crippen molar-refractivity contribution in [2.45, 2.75) is 58.2 Å². The lowest BCUT2D eigenvalue weighted by Crippen LogP contribution is -2.39. The van der Waals surface area contributed by atoms with Crippen LogP contribution in [0.25, 0.3) is 11.0 Å². The van der Waals surface area contributed by atoms with E-state index in [-0.39, 0.29) is 6.03 Å². The predicted octanol–water partition coefficient (Wildman–Crippen LogP) is 4.82. The van der Waals surface area contributed by atoms with Crippen LogP contribution in [0.1, 0.15) is 43.5 Å². The summed E-state index contributed by atoms with van der Waals surface area (Å²) in [5.41, 5.74) is 5.40. The Morgan fingerprint density at radius 2 is 1.90 bits per heavy atom. The lowest BCUT2D eigenvalue weighted by atomic mass is 9.96. The van der Waals surface area contributed by atoms with Gasteiger partial charge in [-0.05, 0) is 55.7 Å². The summed E-state index contributed by atoms with van der Waals surface area (Å²) >= 11 is 0. The van der Waals surface area contributed by atoms with Gasteiger partial charge in [0.2, 0.25) is 0 Å². The van der Waals surface area contributed by atoms with E-state index < -0.39 is 0 Å². The molecule has 1 aliphatic heterocycles. The van der Waals surface area contributed by atoms with E-state index in [2.05, 4.69) is 57.4 Å². The molecule has 0 unspecified atom stereocenters. The summed E-state index contributed by atoms with van der Waals surface area (Å²) in [7, 11) is 0. The molecule has 2 aliphatic rings. The molecule has 2 amide bonds. The molecule has 0 radical (unpaired) electrons. The minimum Gasteiger partial charge on any atom is -0.362 e. The fourth-order valence-electron chi connectivity index (χ4n) is 4.76. The molecule has 2 N–H and O–H groups in total. The molecule has 2 aromatic carbocycles. The van der Waals surface area contributed by atoms with Gasteiger partial charge >= 0.3 is 6.03 Å². The molecule has 6 heteroatoms. The number of urea groups is 1. The molecule has 156 valence electrons. The maximum absolute atomic E-state index is 12.4. The van der Waals surface area contributed by atoms with E-state index >= 15 is 0 Å². The lowest BCUT2D eigenvalue weighted by Gasteiger charge is -2.30. The summed E-state index contributed by atoms with van der Waals surface area (Å²) in [6.45, 7) is 4.72. The third kappa shape index (κ3) is 3.74. The van der Waals surface area contributed by atoms with Gasteiger partial charge < -0.3 is 20.1 Å². The first kappa shape index (κ1) is 19.0. The third-order valence-electron chi connectivity index (χ3n) is 6.42. The van der Waals surface area contributed by atoms with Crippen LogP contribution in [0.5, 0.6) is 0 Å². The third-order valence-corrected chi connectivity index (χ3v) is 6.42. The number of aryl methyl sites for hydroxylation is 1. The fourth-order valence-corrected chi connectivity index (χ4v) is 4.76. The monoisotopic (exact) mass is 403 g/mol. The Hall–Kier alpha value is -3.02. The second-order valence-electron chi connectivity index (χ2n) is 8.52. The SMILES string of the molecule is Cc1cc(N2CCn3c(nc4ccccc43)C2)ccc1NC(=O)NC1CCCCC1. The van der Waals surface area contributed by atoms with Gasteiger partial charge in [0.15, 0.2) is 0 Å². The Labute approximate surface area is 177 Å². The van der Waals surface area contributed by atoms with Crippen molar-refractivity contribution in [3.8, 4) is 0 Å². The molecule has 5 rings (SSSR count). The first-order valence-electron chi connectivity index (χ1n) is 11.0. The highest BCUT2D eigenvalue weighted by atomic mass is 16.2. The van der Waals surface area contributed by atoms with E-state index in [1.54, 1.807) is 0 Å². The molecule has 0 atom stereocenters. The number of fused-ring (bicyclic) bond motifs is 3. The number of carbonyl (C=O) groups excluding carboxylic acids is 1. The summed E-state index contributed by atoms with van der Waals surface area (Å²) in [6.07, 6.45) is 5.88. The highest BCUT2D eigenvalue weighted by Gasteiger charge is 2.21. The predicted molar refractivity (Wildman–Crippen MR) is 121 cm³/mol. The van der Waals surface area contributed by atoms with Crippen LogP contribution in [-0.4, -0.2) is 28.2 Å². The quantitative estimate of drug-likeness (QED) is 0.659. The number of benzene rings is 2. The van der Waals surface area contributed by atoms with Crippen LogP contribution in [0.15, 0.2) is 42.5 Å². The number of hydrogen-bond donors (Lipinski definition) is 2. The van der Waals surface area contributed by atoms with Crippen LogP contribution in [0.3, 0.4) is 0 Å². The van der Waals surface area contributed by atoms with Gasteiger partial charge in [-0.1, -0.05) is 31.4 Å². The second-order valence-corrected chi connectivity index (χ2v) is 8.52. The van der Waals surface area contributed by atoms with Crippen LogP contribution in [0, 0.1) is 6.92 Å². The molecule has 2 heterocycles. The Bertz CT molecular complexity index is 1070. The number of amides is 2. The first-order valence-corrected chi connectivity index (χ1v) is 11.0. The summed E-state index contributed by atoms with van der Waals surface area (Å²) in [5, 5.41) is 6.16. The van der Waals surface area contributed by atoms with Crippen molar-refractivity contribution in [2.75, 3.05) is 16.8 Å². The molecule has 0 saturated heterocycles. The van der Waals surface area contributed by atoms with Crippen LogP contribution in [-0.2, 0) is 13.1 Å². The number of aromatic nitrogens is 2. The van der Waals surface area contributed by atoms with Crippen molar-refractivity contribution in [3.63, 3.8) is 0 Å². The molecule has 6 nitrogen and oxygen atoms in total. The standard InChI is InChI=1S/C24H29N5O/c1-17-15-19(11-12-20(17)27-24(30)25-18-7-3-2-4-8-18)28-13-14-29-22-10-6-5-9-21(22)26-23(29)16-28/h5-6,9-12,15,18H,2-4,7-8,13-14,16H2,1H3,(H2,25,27,30). The van der Waals surface area contributed by atoms with Crippen molar-refractivity contribution < 1.29 is 4.79 Å². The summed E-state index contributed by atoms with van der Waals surface area (Å²) in [4.78, 5) is 19.6. The summed E-state index contributed by atoms with van der Waals surface area (Å²) < 4.78 is 2.32. The highest BCUT2D eigenvalue weighted by molar-refractivity contribution is 5.90. The van der Waals surface area contributed by atoms with Gasteiger partial charge in [0.25, 0.3) is 0 Å². The molecule has 30 heavy (non-hydrogen) atoms. The number of imidazole rings is 1. The number of hydrogen-bond acceptors (Lipinski definition) is 3. The topological polar surface area (TPSA) is 62.2 Å². The average Bonchev–Trinajstić information content (AvgIpc) is 3.13. The van der Waals surface area contributed by atoms with Crippen molar-refractivity contribution in [2.24, 2.45) is 0 Å². The van der Waals surface area contributed by atoms with Gasteiger partial charge in [-0.2, -0.15) is 0 Å². The smallest absolute Gasteiger partial charge is 0.319 e. The minimum atomic E-state index is -0.0931. The maximum Gasteiger partial charge on any atom is 0.319 e. The Kier molecular flexibility index (Phi) is 5.07. The Morgan fingerprint density at radius 3 is 2.73 bits per heavy atom. The normalized spacial score (nSPS) is 17.0. The van der Waals surface area contributed by atoms with Gasteiger partial charge in [-0.25, -0.2) is 9.78 Å². The largest absolute Gasteiger partial charge is 0.362 e. The zero-order valence-corrected chi connectivity index (χ0v) is 17.5. The molecule has 0 spiro atoms. The first-order chi connectivity index (χ1) is 14.7. The molecular formula is C24H29N5O. The summed E-state index contributed by atoms with van der Waals surface area (Å²) in [5.74, 6) is 1.11. The highest BCUT2D eigenvalue weighted by Crippen LogP contribution is 2.28. The van der Waals surface area contributed by atoms with Crippen molar-refractivity contribution >= 4 is 28.4 Å². The fraction of sp³-hybridized carbons (Fsp3) is 0.417. The number of carbonyl (C=O) groups is 1. The second kappa shape index (κ2) is 8.01. The molecule has 1 aromatic heterocycles. The van der Waals surface area contributed by atoms with Crippen LogP contribution in [0.4, 0.5) is 16.2 Å². The molecule has 1 aliphatic carbocycles. The molecule has 1 saturated carbocycles. The molecule has 3 aromatic rings. The van der Waals surface area contributed by atoms with Crippen molar-refractivity contribution in [1.82, 2.24) is 14.9 Å². The van der Waals surface area contributed by atoms with E-state index in [9.17, 15) is 4.79 Å². The van der Waals surface area contributed by atoms with Crippen molar-refractivity contribution in [1.29, 1.82) is 0 Å². The number of nitrogens with one attached hydrogen (secondary N) is 2. The van der Waals surface area contributed by atoms with Crippen molar-refractivity contribution in [3.05, 3.63) is 53.9 Å². The van der Waals surface area contributed by atoms with Gasteiger partial charge in [-0.3, -0.25) is 0 Å². The van der Waals surface area contributed by atoms with E-state index in [1.165, 1.54) is 30.5 Å². The number of para-hydroxylation sites is 2. The summed E-state index contributed by atoms with van der Waals surface area (Å²) in [6, 6.07) is 14.8. The van der Waals surface area contributed by atoms with Crippen LogP contribution in [0.2, 0.25) is 0 Å². The molecule has 1 fully saturated rings. The lowest BCUT2D eigenvalue weighted by molar-refractivity contribution is 0.244. The van der Waals surface area contributed by atoms with E-state index in [0.717, 1.165) is 55.1 Å². The van der Waals surface area contributed by atoms with E-state index in [0.29, 0.717) is 6.04 Å². The van der Waals surface area contributed by atoms with Gasteiger partial charge in [0.05, 0.1) is 17.6 Å². The van der Waals surface area contributed by atoms with E-state index in [4.69, 9.17) is 4.98 Å². The maximum atomic E-state index is 12.4. The molecule has 0 bridgehead atoms. The Balaban J connectivity index is 1.27. The van der Waals surface area contributed by atoms with Gasteiger partial charge in [0, 0.05) is 30.5 Å². The van der Waals surface area contributed by atoms with E-state index in [1.807, 2.05) is 12.1 Å². The number of rotatable bonds is 3. The Morgan fingerprint density at radius 1 is 1.07 bits per heavy atom. The minimum absolute atomic E-state index is 0.0931. The van der Waals surface area contributed by atoms with Gasteiger partial charge in [-0.15, -0.1) is 0 Å². The van der Waals surface area contributed by atoms with Crippen LogP contribution < -0.4 is 15.5 Å². The molecular weight excluding hydrogens is 374 g/mol. The zero-order chi connectivity index (χ0) is 20.5. The zero-order valence-electron chi connectivity index (χ0n) is 17.5. The average molecular weight is 404 g/mol. The number of anilines is 2. The van der Waals surface area contributed by atoms with Gasteiger partial charge in [0.1, 0.15) is 5.82 Å².